The third-order valence-corrected chi connectivity index (χ3v) is 7.31. The lowest BCUT2D eigenvalue weighted by Crippen LogP contribution is -2.57. The summed E-state index contributed by atoms with van der Waals surface area (Å²) in [5.74, 6) is -0.603. The fourth-order valence-corrected chi connectivity index (χ4v) is 5.58. The fraction of sp³-hybridized carbons (Fsp3) is 0.360. The third-order valence-electron chi connectivity index (χ3n) is 6.46. The minimum absolute atomic E-state index is 0.123. The van der Waals surface area contributed by atoms with Crippen molar-refractivity contribution in [2.45, 2.75) is 44.4 Å². The van der Waals surface area contributed by atoms with Gasteiger partial charge in [-0.3, -0.25) is 24.2 Å². The van der Waals surface area contributed by atoms with E-state index in [1.165, 1.54) is 16.2 Å². The number of nitrogens with two attached hydrogens (primary N) is 1. The highest BCUT2D eigenvalue weighted by atomic mass is 32.1. The van der Waals surface area contributed by atoms with Crippen molar-refractivity contribution < 1.29 is 19.1 Å². The highest BCUT2D eigenvalue weighted by Crippen LogP contribution is 2.31. The van der Waals surface area contributed by atoms with Gasteiger partial charge in [0.05, 0.1) is 23.3 Å². The molecule has 2 aromatic heterocycles. The van der Waals surface area contributed by atoms with Crippen molar-refractivity contribution in [2.75, 3.05) is 13.1 Å². The minimum Gasteiger partial charge on any atom is -0.474 e. The van der Waals surface area contributed by atoms with Crippen molar-refractivity contribution in [3.63, 3.8) is 0 Å². The van der Waals surface area contributed by atoms with Crippen molar-refractivity contribution in [1.82, 2.24) is 14.8 Å². The maximum atomic E-state index is 12.9. The standard InChI is InChI=1S/C25H26N4O4S/c26-24(32)19-12-21-20(10-11-34-21)27-25(19)33-18-8-6-17(7-9-18)29-22(30)14-28(15-23(29)31)13-16-4-2-1-3-5-16/h1-5,10-12,17-18H,6-9,13-15H2,(H2,26,32). The van der Waals surface area contributed by atoms with Gasteiger partial charge in [0.2, 0.25) is 17.7 Å². The van der Waals surface area contributed by atoms with Crippen LogP contribution in [-0.2, 0) is 16.1 Å². The van der Waals surface area contributed by atoms with Gasteiger partial charge < -0.3 is 10.5 Å². The molecule has 0 bridgehead atoms. The summed E-state index contributed by atoms with van der Waals surface area (Å²) in [6.45, 7) is 1.06. The summed E-state index contributed by atoms with van der Waals surface area (Å²) in [6.07, 6.45) is 2.50. The van der Waals surface area contributed by atoms with Gasteiger partial charge in [0.15, 0.2) is 0 Å². The summed E-state index contributed by atoms with van der Waals surface area (Å²) in [5.41, 5.74) is 7.67. The molecule has 1 aliphatic heterocycles. The first-order valence-corrected chi connectivity index (χ1v) is 12.3. The first-order valence-electron chi connectivity index (χ1n) is 11.4. The molecule has 3 heterocycles. The topological polar surface area (TPSA) is 106 Å². The predicted octanol–water partition coefficient (Wildman–Crippen LogP) is 2.96. The van der Waals surface area contributed by atoms with Gasteiger partial charge in [-0.25, -0.2) is 4.98 Å². The van der Waals surface area contributed by atoms with E-state index in [1.807, 2.05) is 46.7 Å². The molecule has 0 unspecified atom stereocenters. The second-order valence-corrected chi connectivity index (χ2v) is 9.79. The SMILES string of the molecule is NC(=O)c1cc2sccc2nc1OC1CCC(N2C(=O)CN(Cc3ccccc3)CC2=O)CC1. The van der Waals surface area contributed by atoms with Crippen molar-refractivity contribution in [2.24, 2.45) is 5.73 Å². The van der Waals surface area contributed by atoms with Crippen LogP contribution in [0.3, 0.4) is 0 Å². The Labute approximate surface area is 201 Å². The Balaban J connectivity index is 1.20. The lowest BCUT2D eigenvalue weighted by molar-refractivity contribution is -0.155. The van der Waals surface area contributed by atoms with Crippen molar-refractivity contribution in [3.8, 4) is 5.88 Å². The van der Waals surface area contributed by atoms with Crippen LogP contribution < -0.4 is 10.5 Å². The number of fused-ring (bicyclic) bond motifs is 1. The Morgan fingerprint density at radius 1 is 1.06 bits per heavy atom. The molecule has 2 aliphatic rings. The molecule has 1 saturated carbocycles. The molecule has 176 valence electrons. The van der Waals surface area contributed by atoms with Crippen LogP contribution >= 0.6 is 11.3 Å². The predicted molar refractivity (Wildman–Crippen MR) is 128 cm³/mol. The van der Waals surface area contributed by atoms with Crippen LogP contribution in [-0.4, -0.2) is 57.7 Å². The molecule has 34 heavy (non-hydrogen) atoms. The smallest absolute Gasteiger partial charge is 0.254 e. The summed E-state index contributed by atoms with van der Waals surface area (Å²) < 4.78 is 6.98. The number of pyridine rings is 1. The Hall–Kier alpha value is -3.30. The number of primary amides is 1. The molecule has 5 rings (SSSR count). The number of carbonyl (C=O) groups excluding carboxylic acids is 3. The number of thiophene rings is 1. The number of ether oxygens (including phenoxy) is 1. The van der Waals surface area contributed by atoms with Crippen LogP contribution in [0.5, 0.6) is 5.88 Å². The van der Waals surface area contributed by atoms with Gasteiger partial charge in [-0.2, -0.15) is 0 Å². The fourth-order valence-electron chi connectivity index (χ4n) is 4.81. The molecule has 0 radical (unpaired) electrons. The van der Waals surface area contributed by atoms with E-state index in [0.717, 1.165) is 15.8 Å². The molecule has 1 saturated heterocycles. The molecule has 2 N–H and O–H groups in total. The molecule has 8 nitrogen and oxygen atoms in total. The number of imide groups is 1. The van der Waals surface area contributed by atoms with Crippen molar-refractivity contribution in [1.29, 1.82) is 0 Å². The lowest BCUT2D eigenvalue weighted by atomic mass is 9.91. The van der Waals surface area contributed by atoms with E-state index in [2.05, 4.69) is 4.98 Å². The van der Waals surface area contributed by atoms with Crippen LogP contribution in [0.4, 0.5) is 0 Å². The van der Waals surface area contributed by atoms with Crippen LogP contribution in [0.2, 0.25) is 0 Å². The number of piperazine rings is 1. The molecule has 1 aromatic carbocycles. The van der Waals surface area contributed by atoms with Gasteiger partial charge in [-0.15, -0.1) is 11.3 Å². The van der Waals surface area contributed by atoms with Crippen molar-refractivity contribution in [3.05, 3.63) is 59.0 Å². The third kappa shape index (κ3) is 4.67. The van der Waals surface area contributed by atoms with Gasteiger partial charge in [0, 0.05) is 12.6 Å². The number of carbonyl (C=O) groups is 3. The summed E-state index contributed by atoms with van der Waals surface area (Å²) >= 11 is 1.49. The van der Waals surface area contributed by atoms with E-state index in [9.17, 15) is 14.4 Å². The van der Waals surface area contributed by atoms with Crippen molar-refractivity contribution >= 4 is 39.3 Å². The molecule has 0 atom stereocenters. The maximum absolute atomic E-state index is 12.9. The van der Waals surface area contributed by atoms with Gasteiger partial charge in [-0.1, -0.05) is 30.3 Å². The minimum atomic E-state index is -0.573. The van der Waals surface area contributed by atoms with E-state index < -0.39 is 5.91 Å². The number of nitrogens with zero attached hydrogens (tertiary/aromatic N) is 3. The summed E-state index contributed by atoms with van der Waals surface area (Å²) in [5, 5.41) is 1.91. The molecular weight excluding hydrogens is 452 g/mol. The summed E-state index contributed by atoms with van der Waals surface area (Å²) in [4.78, 5) is 45.5. The zero-order valence-electron chi connectivity index (χ0n) is 18.7. The number of benzene rings is 1. The zero-order valence-corrected chi connectivity index (χ0v) is 19.5. The van der Waals surface area contributed by atoms with E-state index in [1.54, 1.807) is 6.07 Å². The number of rotatable bonds is 6. The highest BCUT2D eigenvalue weighted by Gasteiger charge is 2.38. The average Bonchev–Trinajstić information content (AvgIpc) is 3.27. The quantitative estimate of drug-likeness (QED) is 0.546. The van der Waals surface area contributed by atoms with Crippen LogP contribution in [0.15, 0.2) is 47.8 Å². The monoisotopic (exact) mass is 478 g/mol. The molecule has 3 aromatic rings. The second-order valence-electron chi connectivity index (χ2n) is 8.85. The molecule has 9 heteroatoms. The normalized spacial score (nSPS) is 21.7. The summed E-state index contributed by atoms with van der Waals surface area (Å²) in [7, 11) is 0. The van der Waals surface area contributed by atoms with Crippen LogP contribution in [0.1, 0.15) is 41.6 Å². The lowest BCUT2D eigenvalue weighted by Gasteiger charge is -2.40. The van der Waals surface area contributed by atoms with Crippen LogP contribution in [0.25, 0.3) is 10.2 Å². The zero-order chi connectivity index (χ0) is 23.7. The van der Waals surface area contributed by atoms with Gasteiger partial charge in [0.1, 0.15) is 11.7 Å². The maximum Gasteiger partial charge on any atom is 0.254 e. The van der Waals surface area contributed by atoms with E-state index in [-0.39, 0.29) is 48.5 Å². The molecule has 0 spiro atoms. The van der Waals surface area contributed by atoms with Gasteiger partial charge in [-0.05, 0) is 48.8 Å². The van der Waals surface area contributed by atoms with E-state index in [0.29, 0.717) is 32.2 Å². The molecule has 1 aliphatic carbocycles. The molecule has 2 fully saturated rings. The van der Waals surface area contributed by atoms with Gasteiger partial charge in [0.25, 0.3) is 5.91 Å². The first-order chi connectivity index (χ1) is 16.5. The van der Waals surface area contributed by atoms with Crippen LogP contribution in [0, 0.1) is 0 Å². The Kier molecular flexibility index (Phi) is 6.30. The molecule has 3 amide bonds. The second kappa shape index (κ2) is 9.52. The Morgan fingerprint density at radius 3 is 2.44 bits per heavy atom. The Bertz CT molecular complexity index is 1200. The number of hydrogen-bond donors (Lipinski definition) is 1. The number of amides is 3. The number of aromatic nitrogens is 1. The average molecular weight is 479 g/mol. The van der Waals surface area contributed by atoms with Gasteiger partial charge >= 0.3 is 0 Å². The number of hydrogen-bond acceptors (Lipinski definition) is 7. The van der Waals surface area contributed by atoms with E-state index >= 15 is 0 Å². The summed E-state index contributed by atoms with van der Waals surface area (Å²) in [6, 6.07) is 13.3. The largest absolute Gasteiger partial charge is 0.474 e. The highest BCUT2D eigenvalue weighted by molar-refractivity contribution is 7.17. The van der Waals surface area contributed by atoms with E-state index in [4.69, 9.17) is 10.5 Å². The Morgan fingerprint density at radius 2 is 1.76 bits per heavy atom. The molecular formula is C25H26N4O4S. The first kappa shape index (κ1) is 22.5.